The summed E-state index contributed by atoms with van der Waals surface area (Å²) in [5.74, 6) is 0.307. The topological polar surface area (TPSA) is 78.0 Å². The fourth-order valence-corrected chi connectivity index (χ4v) is 4.93. The molecule has 2 atom stereocenters. The Balaban J connectivity index is 1.67. The second-order valence-electron chi connectivity index (χ2n) is 8.64. The molecule has 1 saturated carbocycles. The SMILES string of the molecule is CCCCN(C)C(=O)OCc1cc(F)sc1-c1ccc(O[C@H]2CCC[C@H](C(=O)OC)C2)c(C)n1. The normalized spacial score (nSPS) is 17.8. The summed E-state index contributed by atoms with van der Waals surface area (Å²) in [5.41, 5.74) is 1.85. The Morgan fingerprint density at radius 2 is 2.09 bits per heavy atom. The summed E-state index contributed by atoms with van der Waals surface area (Å²) in [5, 5.41) is -0.365. The lowest BCUT2D eigenvalue weighted by Crippen LogP contribution is -2.30. The number of nitrogens with zero attached hydrogens (tertiary/aromatic N) is 2. The Morgan fingerprint density at radius 1 is 1.29 bits per heavy atom. The number of rotatable bonds is 9. The number of methoxy groups -OCH3 is 1. The van der Waals surface area contributed by atoms with Gasteiger partial charge >= 0.3 is 12.1 Å². The van der Waals surface area contributed by atoms with Crippen LogP contribution in [0.4, 0.5) is 9.18 Å². The van der Waals surface area contributed by atoms with Gasteiger partial charge in [-0.25, -0.2) is 9.78 Å². The Hall–Kier alpha value is -2.68. The zero-order valence-electron chi connectivity index (χ0n) is 20.3. The average Bonchev–Trinajstić information content (AvgIpc) is 3.22. The quantitative estimate of drug-likeness (QED) is 0.416. The molecule has 0 unspecified atom stereocenters. The predicted octanol–water partition coefficient (Wildman–Crippen LogP) is 5.74. The number of hydrogen-bond acceptors (Lipinski definition) is 7. The van der Waals surface area contributed by atoms with Crippen molar-refractivity contribution in [2.45, 2.75) is 65.1 Å². The fraction of sp³-hybridized carbons (Fsp3) is 0.560. The molecule has 0 N–H and O–H groups in total. The molecule has 0 aliphatic heterocycles. The van der Waals surface area contributed by atoms with Gasteiger partial charge in [0.05, 0.1) is 35.4 Å². The van der Waals surface area contributed by atoms with Crippen LogP contribution >= 0.6 is 11.3 Å². The number of aromatic nitrogens is 1. The van der Waals surface area contributed by atoms with Gasteiger partial charge in [0, 0.05) is 19.2 Å². The number of hydrogen-bond donors (Lipinski definition) is 0. The zero-order chi connectivity index (χ0) is 24.7. The van der Waals surface area contributed by atoms with E-state index in [0.717, 1.165) is 43.4 Å². The highest BCUT2D eigenvalue weighted by atomic mass is 32.1. The van der Waals surface area contributed by atoms with Crippen LogP contribution in [0.25, 0.3) is 10.6 Å². The van der Waals surface area contributed by atoms with E-state index in [1.165, 1.54) is 18.1 Å². The minimum atomic E-state index is -0.434. The van der Waals surface area contributed by atoms with Crippen molar-refractivity contribution in [1.82, 2.24) is 9.88 Å². The lowest BCUT2D eigenvalue weighted by molar-refractivity contribution is -0.147. The molecule has 34 heavy (non-hydrogen) atoms. The Labute approximate surface area is 204 Å². The summed E-state index contributed by atoms with van der Waals surface area (Å²) >= 11 is 0.971. The van der Waals surface area contributed by atoms with Gasteiger partial charge < -0.3 is 19.1 Å². The van der Waals surface area contributed by atoms with Gasteiger partial charge in [0.2, 0.25) is 0 Å². The molecule has 0 spiro atoms. The first-order chi connectivity index (χ1) is 16.3. The van der Waals surface area contributed by atoms with E-state index in [-0.39, 0.29) is 29.7 Å². The van der Waals surface area contributed by atoms with E-state index in [2.05, 4.69) is 11.9 Å². The maximum atomic E-state index is 14.1. The molecule has 1 amide bonds. The van der Waals surface area contributed by atoms with Crippen molar-refractivity contribution in [3.05, 3.63) is 34.6 Å². The number of thiophene rings is 1. The number of carbonyl (C=O) groups excluding carboxylic acids is 2. The molecule has 2 aromatic heterocycles. The molecule has 9 heteroatoms. The molecule has 0 radical (unpaired) electrons. The fourth-order valence-electron chi connectivity index (χ4n) is 4.07. The monoisotopic (exact) mass is 492 g/mol. The van der Waals surface area contributed by atoms with Crippen molar-refractivity contribution in [2.24, 2.45) is 5.92 Å². The van der Waals surface area contributed by atoms with Crippen LogP contribution < -0.4 is 4.74 Å². The van der Waals surface area contributed by atoms with Crippen molar-refractivity contribution in [2.75, 3.05) is 20.7 Å². The number of amides is 1. The van der Waals surface area contributed by atoms with E-state index in [1.54, 1.807) is 13.1 Å². The number of ether oxygens (including phenoxy) is 3. The van der Waals surface area contributed by atoms with Gasteiger partial charge in [-0.15, -0.1) is 11.3 Å². The Bertz CT molecular complexity index is 996. The molecule has 0 bridgehead atoms. The molecular formula is C25H33FN2O5S. The summed E-state index contributed by atoms with van der Waals surface area (Å²) in [6.07, 6.45) is 4.56. The van der Waals surface area contributed by atoms with Crippen LogP contribution in [0.1, 0.15) is 56.7 Å². The molecule has 2 heterocycles. The van der Waals surface area contributed by atoms with Gasteiger partial charge in [-0.05, 0) is 57.2 Å². The maximum Gasteiger partial charge on any atom is 0.409 e. The third-order valence-electron chi connectivity index (χ3n) is 6.01. The highest BCUT2D eigenvalue weighted by Gasteiger charge is 2.29. The highest BCUT2D eigenvalue weighted by Crippen LogP contribution is 2.34. The third-order valence-corrected chi connectivity index (χ3v) is 7.00. The molecule has 1 aliphatic carbocycles. The van der Waals surface area contributed by atoms with Crippen molar-refractivity contribution < 1.29 is 28.2 Å². The Morgan fingerprint density at radius 3 is 2.79 bits per heavy atom. The minimum Gasteiger partial charge on any atom is -0.489 e. The van der Waals surface area contributed by atoms with Gasteiger partial charge in [-0.1, -0.05) is 13.3 Å². The summed E-state index contributed by atoms with van der Waals surface area (Å²) in [4.78, 5) is 30.9. The molecule has 2 aromatic rings. The van der Waals surface area contributed by atoms with E-state index < -0.39 is 6.09 Å². The number of carbonyl (C=O) groups is 2. The molecule has 0 aromatic carbocycles. The van der Waals surface area contributed by atoms with Gasteiger partial charge in [0.25, 0.3) is 0 Å². The van der Waals surface area contributed by atoms with E-state index in [1.807, 2.05) is 13.0 Å². The first-order valence-corrected chi connectivity index (χ1v) is 12.5. The molecule has 3 rings (SSSR count). The van der Waals surface area contributed by atoms with Crippen molar-refractivity contribution in [3.63, 3.8) is 0 Å². The number of pyridine rings is 1. The zero-order valence-corrected chi connectivity index (χ0v) is 21.1. The molecule has 7 nitrogen and oxygen atoms in total. The number of aryl methyl sites for hydroxylation is 1. The highest BCUT2D eigenvalue weighted by molar-refractivity contribution is 7.14. The molecular weight excluding hydrogens is 459 g/mol. The first kappa shape index (κ1) is 25.9. The molecule has 186 valence electrons. The van der Waals surface area contributed by atoms with Crippen LogP contribution in [0.2, 0.25) is 0 Å². The van der Waals surface area contributed by atoms with Crippen LogP contribution in [-0.2, 0) is 20.9 Å². The van der Waals surface area contributed by atoms with Crippen molar-refractivity contribution >= 4 is 23.4 Å². The van der Waals surface area contributed by atoms with Gasteiger partial charge in [0.15, 0.2) is 5.13 Å². The van der Waals surface area contributed by atoms with Crippen molar-refractivity contribution in [1.29, 1.82) is 0 Å². The minimum absolute atomic E-state index is 0.0268. The average molecular weight is 493 g/mol. The standard InChI is InChI=1S/C25H33FN2O5S/c1-5-6-12-28(3)25(30)32-15-18-14-22(26)34-23(18)20-10-11-21(16(2)27-20)33-19-9-7-8-17(13-19)24(29)31-4/h10-11,14,17,19H,5-9,12-13,15H2,1-4H3/t17-,19-/m0/s1. The number of esters is 1. The summed E-state index contributed by atoms with van der Waals surface area (Å²) in [7, 11) is 3.10. The van der Waals surface area contributed by atoms with Crippen molar-refractivity contribution in [3.8, 4) is 16.3 Å². The lowest BCUT2D eigenvalue weighted by Gasteiger charge is -2.28. The first-order valence-electron chi connectivity index (χ1n) is 11.7. The molecule has 1 aliphatic rings. The second-order valence-corrected chi connectivity index (χ2v) is 9.64. The van der Waals surface area contributed by atoms with Crippen LogP contribution in [0.3, 0.4) is 0 Å². The predicted molar refractivity (Wildman–Crippen MR) is 128 cm³/mol. The smallest absolute Gasteiger partial charge is 0.409 e. The third kappa shape index (κ3) is 6.68. The lowest BCUT2D eigenvalue weighted by atomic mass is 9.87. The molecule has 1 fully saturated rings. The van der Waals surface area contributed by atoms with Crippen LogP contribution in [-0.4, -0.2) is 48.8 Å². The molecule has 0 saturated heterocycles. The number of halogens is 1. The summed E-state index contributed by atoms with van der Waals surface area (Å²) < 4.78 is 30.6. The van der Waals surface area contributed by atoms with E-state index in [9.17, 15) is 14.0 Å². The van der Waals surface area contributed by atoms with Crippen LogP contribution in [0.5, 0.6) is 5.75 Å². The van der Waals surface area contributed by atoms with E-state index in [4.69, 9.17) is 14.2 Å². The van der Waals surface area contributed by atoms with Gasteiger partial charge in [-0.3, -0.25) is 4.79 Å². The Kier molecular flexibility index (Phi) is 9.27. The summed E-state index contributed by atoms with van der Waals surface area (Å²) in [6.45, 7) is 4.48. The summed E-state index contributed by atoms with van der Waals surface area (Å²) in [6, 6.07) is 4.99. The largest absolute Gasteiger partial charge is 0.489 e. The second kappa shape index (κ2) is 12.1. The van der Waals surface area contributed by atoms with E-state index >= 15 is 0 Å². The van der Waals surface area contributed by atoms with Crippen LogP contribution in [0.15, 0.2) is 18.2 Å². The maximum absolute atomic E-state index is 14.1. The van der Waals surface area contributed by atoms with Gasteiger partial charge in [-0.2, -0.15) is 4.39 Å². The van der Waals surface area contributed by atoms with Gasteiger partial charge in [0.1, 0.15) is 12.4 Å². The number of unbranched alkanes of at least 4 members (excludes halogenated alkanes) is 1. The van der Waals surface area contributed by atoms with E-state index in [0.29, 0.717) is 40.5 Å². The van der Waals surface area contributed by atoms with Crippen LogP contribution in [0, 0.1) is 18.0 Å².